The van der Waals surface area contributed by atoms with E-state index in [0.29, 0.717) is 24.4 Å². The Labute approximate surface area is 143 Å². The highest BCUT2D eigenvalue weighted by molar-refractivity contribution is 5.94. The van der Waals surface area contributed by atoms with Crippen molar-refractivity contribution < 1.29 is 14.3 Å². The van der Waals surface area contributed by atoms with Crippen LogP contribution in [0.4, 0.5) is 5.69 Å². The molecule has 0 aliphatic rings. The van der Waals surface area contributed by atoms with Gasteiger partial charge in [-0.2, -0.15) is 0 Å². The number of benzene rings is 2. The minimum absolute atomic E-state index is 0.0541. The summed E-state index contributed by atoms with van der Waals surface area (Å²) in [5, 5.41) is 6.19. The fraction of sp³-hybridized carbons (Fsp3) is 0.316. The smallest absolute Gasteiger partial charge is 0.251 e. The number of anilines is 1. The minimum atomic E-state index is -0.0541. The summed E-state index contributed by atoms with van der Waals surface area (Å²) in [6.45, 7) is 5.10. The third kappa shape index (κ3) is 3.98. The van der Waals surface area contributed by atoms with E-state index < -0.39 is 0 Å². The Balaban J connectivity index is 2.14. The fourth-order valence-corrected chi connectivity index (χ4v) is 2.55. The molecule has 0 aliphatic heterocycles. The van der Waals surface area contributed by atoms with E-state index in [2.05, 4.69) is 10.6 Å². The SMILES string of the molecule is CCNC(=O)c1ccc(NCc2cccc(OC)c2OC)c(C)c1. The van der Waals surface area contributed by atoms with E-state index in [0.717, 1.165) is 22.6 Å². The van der Waals surface area contributed by atoms with E-state index in [1.165, 1.54) is 0 Å². The lowest BCUT2D eigenvalue weighted by atomic mass is 10.1. The molecule has 0 spiro atoms. The van der Waals surface area contributed by atoms with Crippen LogP contribution in [0.15, 0.2) is 36.4 Å². The van der Waals surface area contributed by atoms with Gasteiger partial charge in [0.05, 0.1) is 14.2 Å². The molecule has 2 aromatic rings. The van der Waals surface area contributed by atoms with Gasteiger partial charge in [0, 0.05) is 29.9 Å². The molecular weight excluding hydrogens is 304 g/mol. The molecule has 0 unspecified atom stereocenters. The van der Waals surface area contributed by atoms with Crippen LogP contribution in [0.3, 0.4) is 0 Å². The zero-order valence-corrected chi connectivity index (χ0v) is 14.6. The van der Waals surface area contributed by atoms with Crippen molar-refractivity contribution in [1.82, 2.24) is 5.32 Å². The highest BCUT2D eigenvalue weighted by Crippen LogP contribution is 2.31. The minimum Gasteiger partial charge on any atom is -0.493 e. The van der Waals surface area contributed by atoms with Crippen LogP contribution in [-0.2, 0) is 6.54 Å². The fourth-order valence-electron chi connectivity index (χ4n) is 2.55. The van der Waals surface area contributed by atoms with Crippen LogP contribution >= 0.6 is 0 Å². The lowest BCUT2D eigenvalue weighted by Crippen LogP contribution is -2.22. The Kier molecular flexibility index (Phi) is 6.07. The van der Waals surface area contributed by atoms with Gasteiger partial charge in [0.1, 0.15) is 0 Å². The molecule has 5 heteroatoms. The zero-order valence-electron chi connectivity index (χ0n) is 14.6. The summed E-state index contributed by atoms with van der Waals surface area (Å²) in [4.78, 5) is 11.9. The van der Waals surface area contributed by atoms with Gasteiger partial charge in [-0.25, -0.2) is 0 Å². The van der Waals surface area contributed by atoms with Gasteiger partial charge in [0.25, 0.3) is 5.91 Å². The molecule has 0 bridgehead atoms. The highest BCUT2D eigenvalue weighted by atomic mass is 16.5. The van der Waals surface area contributed by atoms with Gasteiger partial charge in [-0.1, -0.05) is 12.1 Å². The van der Waals surface area contributed by atoms with E-state index in [1.807, 2.05) is 50.2 Å². The molecule has 0 fully saturated rings. The van der Waals surface area contributed by atoms with Crippen molar-refractivity contribution in [2.24, 2.45) is 0 Å². The Morgan fingerprint density at radius 2 is 1.92 bits per heavy atom. The highest BCUT2D eigenvalue weighted by Gasteiger charge is 2.10. The normalized spacial score (nSPS) is 10.2. The first-order valence-corrected chi connectivity index (χ1v) is 7.93. The number of methoxy groups -OCH3 is 2. The zero-order chi connectivity index (χ0) is 17.5. The number of rotatable bonds is 7. The second-order valence-electron chi connectivity index (χ2n) is 5.40. The Bertz CT molecular complexity index is 714. The molecule has 0 saturated heterocycles. The van der Waals surface area contributed by atoms with Crippen LogP contribution in [0.2, 0.25) is 0 Å². The lowest BCUT2D eigenvalue weighted by Gasteiger charge is -2.15. The Hall–Kier alpha value is -2.69. The van der Waals surface area contributed by atoms with Crippen molar-refractivity contribution in [2.75, 3.05) is 26.1 Å². The Morgan fingerprint density at radius 3 is 2.54 bits per heavy atom. The number of hydrogen-bond donors (Lipinski definition) is 2. The molecule has 2 aromatic carbocycles. The molecule has 2 rings (SSSR count). The van der Waals surface area contributed by atoms with E-state index in [9.17, 15) is 4.79 Å². The summed E-state index contributed by atoms with van der Waals surface area (Å²) in [6, 6.07) is 11.4. The van der Waals surface area contributed by atoms with Crippen molar-refractivity contribution in [3.8, 4) is 11.5 Å². The topological polar surface area (TPSA) is 59.6 Å². The number of para-hydroxylation sites is 1. The lowest BCUT2D eigenvalue weighted by molar-refractivity contribution is 0.0956. The summed E-state index contributed by atoms with van der Waals surface area (Å²) in [7, 11) is 3.26. The number of nitrogens with one attached hydrogen (secondary N) is 2. The number of carbonyl (C=O) groups is 1. The molecule has 128 valence electrons. The van der Waals surface area contributed by atoms with Crippen LogP contribution in [-0.4, -0.2) is 26.7 Å². The standard InChI is InChI=1S/C19H24N2O3/c1-5-20-19(22)14-9-10-16(13(2)11-14)21-12-15-7-6-8-17(23-3)18(15)24-4/h6-11,21H,5,12H2,1-4H3,(H,20,22). The number of ether oxygens (including phenoxy) is 2. The average molecular weight is 328 g/mol. The monoisotopic (exact) mass is 328 g/mol. The summed E-state index contributed by atoms with van der Waals surface area (Å²) in [6.07, 6.45) is 0. The van der Waals surface area contributed by atoms with Gasteiger partial charge < -0.3 is 20.1 Å². The predicted molar refractivity (Wildman–Crippen MR) is 96.1 cm³/mol. The quantitative estimate of drug-likeness (QED) is 0.818. The maximum absolute atomic E-state index is 11.9. The second kappa shape index (κ2) is 8.24. The molecule has 0 aromatic heterocycles. The largest absolute Gasteiger partial charge is 0.493 e. The Morgan fingerprint density at radius 1 is 1.12 bits per heavy atom. The van der Waals surface area contributed by atoms with Gasteiger partial charge in [0.15, 0.2) is 11.5 Å². The van der Waals surface area contributed by atoms with Crippen LogP contribution in [0.1, 0.15) is 28.4 Å². The van der Waals surface area contributed by atoms with Crippen molar-refractivity contribution in [3.63, 3.8) is 0 Å². The summed E-state index contributed by atoms with van der Waals surface area (Å²) in [5.41, 5.74) is 3.66. The summed E-state index contributed by atoms with van der Waals surface area (Å²) in [5.74, 6) is 1.38. The molecule has 0 saturated carbocycles. The van der Waals surface area contributed by atoms with Crippen LogP contribution in [0, 0.1) is 6.92 Å². The van der Waals surface area contributed by atoms with Gasteiger partial charge in [-0.15, -0.1) is 0 Å². The maximum atomic E-state index is 11.9. The third-order valence-electron chi connectivity index (χ3n) is 3.78. The predicted octanol–water partition coefficient (Wildman–Crippen LogP) is 3.37. The van der Waals surface area contributed by atoms with Crippen molar-refractivity contribution in [2.45, 2.75) is 20.4 Å². The molecule has 0 aliphatic carbocycles. The van der Waals surface area contributed by atoms with Gasteiger partial charge >= 0.3 is 0 Å². The second-order valence-corrected chi connectivity index (χ2v) is 5.40. The van der Waals surface area contributed by atoms with Crippen LogP contribution < -0.4 is 20.1 Å². The molecule has 1 amide bonds. The van der Waals surface area contributed by atoms with Crippen molar-refractivity contribution >= 4 is 11.6 Å². The van der Waals surface area contributed by atoms with Crippen LogP contribution in [0.25, 0.3) is 0 Å². The summed E-state index contributed by atoms with van der Waals surface area (Å²) >= 11 is 0. The van der Waals surface area contributed by atoms with E-state index >= 15 is 0 Å². The van der Waals surface area contributed by atoms with Gasteiger partial charge in [-0.05, 0) is 43.7 Å². The number of hydrogen-bond acceptors (Lipinski definition) is 4. The van der Waals surface area contributed by atoms with Gasteiger partial charge in [0.2, 0.25) is 0 Å². The van der Waals surface area contributed by atoms with E-state index in [-0.39, 0.29) is 5.91 Å². The average Bonchev–Trinajstić information content (AvgIpc) is 2.60. The number of amides is 1. The molecule has 0 heterocycles. The maximum Gasteiger partial charge on any atom is 0.251 e. The van der Waals surface area contributed by atoms with Crippen LogP contribution in [0.5, 0.6) is 11.5 Å². The van der Waals surface area contributed by atoms with E-state index in [4.69, 9.17) is 9.47 Å². The summed E-state index contributed by atoms with van der Waals surface area (Å²) < 4.78 is 10.8. The van der Waals surface area contributed by atoms with Gasteiger partial charge in [-0.3, -0.25) is 4.79 Å². The van der Waals surface area contributed by atoms with E-state index in [1.54, 1.807) is 14.2 Å². The first-order valence-electron chi connectivity index (χ1n) is 7.93. The molecule has 0 atom stereocenters. The molecule has 24 heavy (non-hydrogen) atoms. The van der Waals surface area contributed by atoms with Crippen molar-refractivity contribution in [3.05, 3.63) is 53.1 Å². The molecule has 2 N–H and O–H groups in total. The third-order valence-corrected chi connectivity index (χ3v) is 3.78. The number of carbonyl (C=O) groups excluding carboxylic acids is 1. The first kappa shape index (κ1) is 17.7. The molecule has 5 nitrogen and oxygen atoms in total. The number of aryl methyl sites for hydroxylation is 1. The molecular formula is C19H24N2O3. The molecule has 0 radical (unpaired) electrons. The first-order chi connectivity index (χ1) is 11.6. The van der Waals surface area contributed by atoms with Crippen molar-refractivity contribution in [1.29, 1.82) is 0 Å².